The molecule has 0 amide bonds. The largest absolute Gasteiger partial charge is 0.357 e. The molecule has 1 aromatic rings. The van der Waals surface area contributed by atoms with Crippen molar-refractivity contribution < 1.29 is 8.42 Å². The van der Waals surface area contributed by atoms with Crippen molar-refractivity contribution >= 4 is 51.3 Å². The summed E-state index contributed by atoms with van der Waals surface area (Å²) in [5.74, 6) is 1.24. The Morgan fingerprint density at radius 3 is 2.54 bits per heavy atom. The summed E-state index contributed by atoms with van der Waals surface area (Å²) < 4.78 is 26.7. The Morgan fingerprint density at radius 2 is 1.96 bits per heavy atom. The minimum atomic E-state index is -3.22. The monoisotopic (exact) mass is 514 g/mol. The molecule has 6 nitrogen and oxygen atoms in total. The summed E-state index contributed by atoms with van der Waals surface area (Å²) in [7, 11) is -3.22. The van der Waals surface area contributed by atoms with E-state index in [-0.39, 0.29) is 29.7 Å². The molecule has 3 N–H and O–H groups in total. The average molecular weight is 514 g/mol. The fourth-order valence-electron chi connectivity index (χ4n) is 2.51. The van der Waals surface area contributed by atoms with Crippen LogP contribution in [0.15, 0.2) is 17.1 Å². The van der Waals surface area contributed by atoms with E-state index in [0.29, 0.717) is 31.5 Å². The van der Waals surface area contributed by atoms with Crippen LogP contribution in [0.1, 0.15) is 42.9 Å². The fraction of sp³-hybridized carbons (Fsp3) is 0.706. The molecule has 2 rings (SSSR count). The summed E-state index contributed by atoms with van der Waals surface area (Å²) in [6, 6.07) is 4.24. The number of nitrogens with zero attached hydrogens (tertiary/aromatic N) is 1. The first-order valence-electron chi connectivity index (χ1n) is 9.09. The van der Waals surface area contributed by atoms with E-state index in [1.807, 2.05) is 6.92 Å². The van der Waals surface area contributed by atoms with Gasteiger partial charge in [0.1, 0.15) is 0 Å². The van der Waals surface area contributed by atoms with Crippen LogP contribution in [0.4, 0.5) is 0 Å². The maximum atomic E-state index is 12.0. The number of sulfonamides is 1. The molecule has 0 unspecified atom stereocenters. The number of halogens is 1. The lowest BCUT2D eigenvalue weighted by Gasteiger charge is -2.25. The second-order valence-corrected chi connectivity index (χ2v) is 9.49. The smallest absolute Gasteiger partial charge is 0.213 e. The molecule has 1 saturated carbocycles. The molecule has 0 radical (unpaired) electrons. The lowest BCUT2D eigenvalue weighted by molar-refractivity contribution is 0.316. The third kappa shape index (κ3) is 8.53. The number of nitrogens with one attached hydrogen (secondary N) is 3. The first kappa shape index (κ1) is 23.6. The number of hydrogen-bond acceptors (Lipinski definition) is 4. The van der Waals surface area contributed by atoms with Gasteiger partial charge in [-0.3, -0.25) is 0 Å². The second-order valence-electron chi connectivity index (χ2n) is 6.31. The predicted octanol–water partition coefficient (Wildman–Crippen LogP) is 2.70. The van der Waals surface area contributed by atoms with Crippen LogP contribution in [0.5, 0.6) is 0 Å². The van der Waals surface area contributed by atoms with E-state index < -0.39 is 10.0 Å². The average Bonchev–Trinajstić information content (AvgIpc) is 2.99. The molecule has 0 aromatic carbocycles. The molecule has 9 heteroatoms. The minimum Gasteiger partial charge on any atom is -0.357 e. The lowest BCUT2D eigenvalue weighted by atomic mass is 9.86. The van der Waals surface area contributed by atoms with Gasteiger partial charge in [0.2, 0.25) is 10.0 Å². The standard InChI is InChI=1S/C17H30N4O2S2.HI/c1-3-15-8-9-16(24-15)13-20-17(18-4-2)19-10-11-25(22,23)21-12-14-6-5-7-14;/h8-9,14,21H,3-7,10-13H2,1-2H3,(H2,18,19,20);1H. The van der Waals surface area contributed by atoms with Crippen LogP contribution in [-0.2, 0) is 23.0 Å². The molecule has 0 atom stereocenters. The van der Waals surface area contributed by atoms with Gasteiger partial charge in [0.15, 0.2) is 5.96 Å². The van der Waals surface area contributed by atoms with E-state index >= 15 is 0 Å². The predicted molar refractivity (Wildman–Crippen MR) is 121 cm³/mol. The topological polar surface area (TPSA) is 82.6 Å². The van der Waals surface area contributed by atoms with Crippen LogP contribution in [0.2, 0.25) is 0 Å². The van der Waals surface area contributed by atoms with Crippen molar-refractivity contribution in [3.8, 4) is 0 Å². The molecule has 1 fully saturated rings. The van der Waals surface area contributed by atoms with Crippen LogP contribution in [0.3, 0.4) is 0 Å². The molecule has 1 aliphatic rings. The van der Waals surface area contributed by atoms with Gasteiger partial charge < -0.3 is 10.6 Å². The highest BCUT2D eigenvalue weighted by atomic mass is 127. The van der Waals surface area contributed by atoms with E-state index in [4.69, 9.17) is 0 Å². The molecule has 1 aliphatic carbocycles. The van der Waals surface area contributed by atoms with Crippen molar-refractivity contribution in [3.05, 3.63) is 21.9 Å². The maximum Gasteiger partial charge on any atom is 0.213 e. The Hall–Kier alpha value is -0.390. The van der Waals surface area contributed by atoms with Crippen molar-refractivity contribution in [1.82, 2.24) is 15.4 Å². The molecule has 1 aromatic heterocycles. The Kier molecular flexibility index (Phi) is 11.0. The first-order valence-corrected chi connectivity index (χ1v) is 11.6. The van der Waals surface area contributed by atoms with E-state index in [1.54, 1.807) is 11.3 Å². The van der Waals surface area contributed by atoms with Crippen molar-refractivity contribution in [1.29, 1.82) is 0 Å². The molecular formula is C17H31IN4O2S2. The van der Waals surface area contributed by atoms with Gasteiger partial charge in [-0.15, -0.1) is 35.3 Å². The number of hydrogen-bond donors (Lipinski definition) is 3. The van der Waals surface area contributed by atoms with Gasteiger partial charge in [0.05, 0.1) is 12.3 Å². The SMILES string of the molecule is CCNC(=NCc1ccc(CC)s1)NCCS(=O)(=O)NCC1CCC1.I. The van der Waals surface area contributed by atoms with Crippen LogP contribution in [0.25, 0.3) is 0 Å². The van der Waals surface area contributed by atoms with Crippen molar-refractivity contribution in [2.45, 2.75) is 46.1 Å². The van der Waals surface area contributed by atoms with E-state index in [9.17, 15) is 8.42 Å². The van der Waals surface area contributed by atoms with Gasteiger partial charge >= 0.3 is 0 Å². The summed E-state index contributed by atoms with van der Waals surface area (Å²) in [5, 5.41) is 6.26. The van der Waals surface area contributed by atoms with Crippen LogP contribution in [0, 0.1) is 5.92 Å². The van der Waals surface area contributed by atoms with Gasteiger partial charge in [-0.2, -0.15) is 0 Å². The van der Waals surface area contributed by atoms with Crippen LogP contribution < -0.4 is 15.4 Å². The maximum absolute atomic E-state index is 12.0. The summed E-state index contributed by atoms with van der Waals surface area (Å²) in [4.78, 5) is 7.10. The van der Waals surface area contributed by atoms with Crippen molar-refractivity contribution in [3.63, 3.8) is 0 Å². The summed E-state index contributed by atoms with van der Waals surface area (Å²) >= 11 is 1.77. The van der Waals surface area contributed by atoms with Crippen LogP contribution in [-0.4, -0.2) is 39.8 Å². The van der Waals surface area contributed by atoms with Gasteiger partial charge in [-0.25, -0.2) is 18.1 Å². The molecule has 150 valence electrons. The Morgan fingerprint density at radius 1 is 1.23 bits per heavy atom. The van der Waals surface area contributed by atoms with Gasteiger partial charge in [-0.05, 0) is 44.2 Å². The Bertz CT molecular complexity index is 657. The normalized spacial score (nSPS) is 15.2. The summed E-state index contributed by atoms with van der Waals surface area (Å²) in [6.07, 6.45) is 4.54. The molecule has 26 heavy (non-hydrogen) atoms. The quantitative estimate of drug-likeness (QED) is 0.255. The Labute approximate surface area is 178 Å². The van der Waals surface area contributed by atoms with E-state index in [1.165, 1.54) is 16.2 Å². The highest BCUT2D eigenvalue weighted by Gasteiger charge is 2.20. The zero-order valence-corrected chi connectivity index (χ0v) is 19.5. The molecule has 0 bridgehead atoms. The number of rotatable bonds is 10. The summed E-state index contributed by atoms with van der Waals surface area (Å²) in [5.41, 5.74) is 0. The van der Waals surface area contributed by atoms with Gasteiger partial charge in [-0.1, -0.05) is 13.3 Å². The molecule has 1 heterocycles. The molecule has 0 spiro atoms. The minimum absolute atomic E-state index is 0. The Balaban J connectivity index is 0.00000338. The molecule has 0 aliphatic heterocycles. The number of aliphatic imine (C=N–C) groups is 1. The van der Waals surface area contributed by atoms with Gasteiger partial charge in [0, 0.05) is 29.4 Å². The van der Waals surface area contributed by atoms with Crippen LogP contribution >= 0.6 is 35.3 Å². The second kappa shape index (κ2) is 12.1. The number of aryl methyl sites for hydroxylation is 1. The third-order valence-corrected chi connectivity index (χ3v) is 6.85. The fourth-order valence-corrected chi connectivity index (χ4v) is 4.40. The van der Waals surface area contributed by atoms with Crippen molar-refractivity contribution in [2.75, 3.05) is 25.4 Å². The third-order valence-electron chi connectivity index (χ3n) is 4.28. The highest BCUT2D eigenvalue weighted by Crippen LogP contribution is 2.25. The zero-order chi connectivity index (χ0) is 18.1. The van der Waals surface area contributed by atoms with Gasteiger partial charge in [0.25, 0.3) is 0 Å². The number of thiophene rings is 1. The zero-order valence-electron chi connectivity index (χ0n) is 15.6. The number of guanidine groups is 1. The highest BCUT2D eigenvalue weighted by molar-refractivity contribution is 14.0. The first-order chi connectivity index (χ1) is 12.0. The molecule has 0 saturated heterocycles. The van der Waals surface area contributed by atoms with Crippen molar-refractivity contribution in [2.24, 2.45) is 10.9 Å². The van der Waals surface area contributed by atoms with E-state index in [0.717, 1.165) is 25.8 Å². The summed E-state index contributed by atoms with van der Waals surface area (Å²) in [6.45, 7) is 6.40. The van der Waals surface area contributed by atoms with E-state index in [2.05, 4.69) is 39.4 Å². The molecular weight excluding hydrogens is 483 g/mol. The lowest BCUT2D eigenvalue weighted by Crippen LogP contribution is -2.42.